The minimum Gasteiger partial charge on any atom is -0.330 e. The van der Waals surface area contributed by atoms with Crippen molar-refractivity contribution in [3.8, 4) is 0 Å². The first-order valence-corrected chi connectivity index (χ1v) is 4.09. The Bertz CT molecular complexity index is 403. The van der Waals surface area contributed by atoms with E-state index in [4.69, 9.17) is 0 Å². The van der Waals surface area contributed by atoms with Crippen LogP contribution in [0.1, 0.15) is 12.7 Å². The summed E-state index contributed by atoms with van der Waals surface area (Å²) in [4.78, 5) is 8.56. The number of fused-ring (bicyclic) bond motifs is 1. The summed E-state index contributed by atoms with van der Waals surface area (Å²) in [6.45, 7) is 2.10. The molecule has 0 N–H and O–H groups in total. The lowest BCUT2D eigenvalue weighted by molar-refractivity contribution is 0.829. The number of pyridine rings is 1. The van der Waals surface area contributed by atoms with Gasteiger partial charge in [0.1, 0.15) is 5.82 Å². The van der Waals surface area contributed by atoms with E-state index in [0.29, 0.717) is 0 Å². The van der Waals surface area contributed by atoms with Gasteiger partial charge in [0.2, 0.25) is 0 Å². The third kappa shape index (κ3) is 0.897. The summed E-state index contributed by atoms with van der Waals surface area (Å²) in [6.07, 6.45) is 2.72. The molecule has 0 aromatic carbocycles. The molecule has 0 saturated heterocycles. The molecule has 12 heavy (non-hydrogen) atoms. The highest BCUT2D eigenvalue weighted by Gasteiger charge is 2.04. The third-order valence-electron chi connectivity index (χ3n) is 2.07. The Morgan fingerprint density at radius 3 is 3.00 bits per heavy atom. The molecule has 0 unspecified atom stereocenters. The Morgan fingerprint density at radius 1 is 1.50 bits per heavy atom. The second-order valence-electron chi connectivity index (χ2n) is 2.79. The Morgan fingerprint density at radius 2 is 2.33 bits per heavy atom. The molecule has 2 aromatic rings. The van der Waals surface area contributed by atoms with Crippen molar-refractivity contribution in [1.29, 1.82) is 0 Å². The highest BCUT2D eigenvalue weighted by atomic mass is 15.1. The summed E-state index contributed by atoms with van der Waals surface area (Å²) < 4.78 is 2.09. The van der Waals surface area contributed by atoms with E-state index < -0.39 is 0 Å². The van der Waals surface area contributed by atoms with E-state index in [1.807, 2.05) is 19.2 Å². The van der Waals surface area contributed by atoms with E-state index in [0.717, 1.165) is 23.4 Å². The molecule has 0 amide bonds. The van der Waals surface area contributed by atoms with E-state index >= 15 is 0 Å². The molecule has 3 nitrogen and oxygen atoms in total. The Hall–Kier alpha value is -1.38. The second-order valence-corrected chi connectivity index (χ2v) is 2.79. The fraction of sp³-hybridized carbons (Fsp3) is 0.333. The van der Waals surface area contributed by atoms with Crippen LogP contribution in [-0.4, -0.2) is 14.5 Å². The van der Waals surface area contributed by atoms with Crippen molar-refractivity contribution in [2.75, 3.05) is 0 Å². The number of rotatable bonds is 1. The van der Waals surface area contributed by atoms with Crippen LogP contribution in [0.2, 0.25) is 0 Å². The van der Waals surface area contributed by atoms with Crippen LogP contribution in [-0.2, 0) is 13.5 Å². The third-order valence-corrected chi connectivity index (χ3v) is 2.07. The molecular weight excluding hydrogens is 150 g/mol. The van der Waals surface area contributed by atoms with Gasteiger partial charge in [-0.15, -0.1) is 0 Å². The molecule has 0 aliphatic carbocycles. The van der Waals surface area contributed by atoms with E-state index in [1.54, 1.807) is 6.20 Å². The van der Waals surface area contributed by atoms with Gasteiger partial charge in [-0.2, -0.15) is 0 Å². The number of hydrogen-bond acceptors (Lipinski definition) is 2. The van der Waals surface area contributed by atoms with Gasteiger partial charge in [-0.25, -0.2) is 9.97 Å². The molecule has 2 heterocycles. The van der Waals surface area contributed by atoms with Crippen LogP contribution in [0, 0.1) is 0 Å². The van der Waals surface area contributed by atoms with Crippen molar-refractivity contribution in [2.24, 2.45) is 7.05 Å². The monoisotopic (exact) mass is 161 g/mol. The maximum absolute atomic E-state index is 4.38. The maximum Gasteiger partial charge on any atom is 0.177 e. The molecule has 2 aromatic heterocycles. The average Bonchev–Trinajstić information content (AvgIpc) is 2.44. The Balaban J connectivity index is 2.78. The molecule has 0 fully saturated rings. The van der Waals surface area contributed by atoms with Crippen molar-refractivity contribution in [1.82, 2.24) is 14.5 Å². The quantitative estimate of drug-likeness (QED) is 0.635. The van der Waals surface area contributed by atoms with E-state index in [1.165, 1.54) is 0 Å². The van der Waals surface area contributed by atoms with Gasteiger partial charge in [0.25, 0.3) is 0 Å². The minimum atomic E-state index is 0.844. The lowest BCUT2D eigenvalue weighted by atomic mass is 10.4. The standard InChI is InChI=1S/C9H11N3/c1-3-8-11-9-7(12(8)2)5-4-6-10-9/h4-6H,3H2,1-2H3. The van der Waals surface area contributed by atoms with Gasteiger partial charge in [0.15, 0.2) is 5.65 Å². The van der Waals surface area contributed by atoms with Gasteiger partial charge in [-0.05, 0) is 12.1 Å². The average molecular weight is 161 g/mol. The summed E-state index contributed by atoms with van der Waals surface area (Å²) in [7, 11) is 2.02. The first-order valence-electron chi connectivity index (χ1n) is 4.09. The van der Waals surface area contributed by atoms with Crippen LogP contribution in [0.5, 0.6) is 0 Å². The normalized spacial score (nSPS) is 10.8. The van der Waals surface area contributed by atoms with Crippen LogP contribution < -0.4 is 0 Å². The Kier molecular flexibility index (Phi) is 1.57. The zero-order chi connectivity index (χ0) is 8.55. The summed E-state index contributed by atoms with van der Waals surface area (Å²) in [5.41, 5.74) is 1.95. The van der Waals surface area contributed by atoms with Crippen molar-refractivity contribution in [2.45, 2.75) is 13.3 Å². The fourth-order valence-electron chi connectivity index (χ4n) is 1.39. The summed E-state index contributed by atoms with van der Waals surface area (Å²) in [6, 6.07) is 3.97. The van der Waals surface area contributed by atoms with Gasteiger partial charge >= 0.3 is 0 Å². The molecule has 0 aliphatic heterocycles. The predicted molar refractivity (Wildman–Crippen MR) is 47.9 cm³/mol. The largest absolute Gasteiger partial charge is 0.330 e. The second kappa shape index (κ2) is 2.59. The summed E-state index contributed by atoms with van der Waals surface area (Å²) in [5, 5.41) is 0. The molecular formula is C9H11N3. The lowest BCUT2D eigenvalue weighted by Gasteiger charge is -1.96. The van der Waals surface area contributed by atoms with Crippen LogP contribution in [0.15, 0.2) is 18.3 Å². The molecule has 62 valence electrons. The minimum absolute atomic E-state index is 0.844. The van der Waals surface area contributed by atoms with Crippen LogP contribution in [0.25, 0.3) is 11.2 Å². The maximum atomic E-state index is 4.38. The van der Waals surface area contributed by atoms with Crippen molar-refractivity contribution < 1.29 is 0 Å². The van der Waals surface area contributed by atoms with Gasteiger partial charge in [0.05, 0.1) is 5.52 Å². The molecule has 0 bridgehead atoms. The topological polar surface area (TPSA) is 30.7 Å². The van der Waals surface area contributed by atoms with Crippen LogP contribution >= 0.6 is 0 Å². The first-order chi connectivity index (χ1) is 5.83. The summed E-state index contributed by atoms with van der Waals surface area (Å²) >= 11 is 0. The van der Waals surface area contributed by atoms with E-state index in [2.05, 4.69) is 21.5 Å². The van der Waals surface area contributed by atoms with E-state index in [-0.39, 0.29) is 0 Å². The summed E-state index contributed by atoms with van der Waals surface area (Å²) in [5.74, 6) is 1.09. The van der Waals surface area contributed by atoms with Gasteiger partial charge in [0, 0.05) is 19.7 Å². The zero-order valence-corrected chi connectivity index (χ0v) is 7.28. The van der Waals surface area contributed by atoms with Crippen LogP contribution in [0.3, 0.4) is 0 Å². The van der Waals surface area contributed by atoms with E-state index in [9.17, 15) is 0 Å². The van der Waals surface area contributed by atoms with Gasteiger partial charge in [-0.3, -0.25) is 0 Å². The number of nitrogens with zero attached hydrogens (tertiary/aromatic N) is 3. The van der Waals surface area contributed by atoms with Crippen molar-refractivity contribution in [3.05, 3.63) is 24.2 Å². The molecule has 0 radical (unpaired) electrons. The molecule has 0 spiro atoms. The zero-order valence-electron chi connectivity index (χ0n) is 7.28. The highest BCUT2D eigenvalue weighted by molar-refractivity contribution is 5.70. The highest BCUT2D eigenvalue weighted by Crippen LogP contribution is 2.11. The fourth-order valence-corrected chi connectivity index (χ4v) is 1.39. The SMILES string of the molecule is CCc1nc2ncccc2n1C. The molecule has 0 aliphatic rings. The molecule has 0 saturated carbocycles. The van der Waals surface area contributed by atoms with Gasteiger partial charge in [-0.1, -0.05) is 6.92 Å². The van der Waals surface area contributed by atoms with Crippen LogP contribution in [0.4, 0.5) is 0 Å². The number of hydrogen-bond donors (Lipinski definition) is 0. The van der Waals surface area contributed by atoms with Crippen molar-refractivity contribution >= 4 is 11.2 Å². The predicted octanol–water partition coefficient (Wildman–Crippen LogP) is 1.53. The lowest BCUT2D eigenvalue weighted by Crippen LogP contribution is -1.94. The number of imidazole rings is 1. The van der Waals surface area contributed by atoms with Gasteiger partial charge < -0.3 is 4.57 Å². The first kappa shape index (κ1) is 7.28. The molecule has 3 heteroatoms. The number of aryl methyl sites for hydroxylation is 2. The smallest absolute Gasteiger partial charge is 0.177 e. The van der Waals surface area contributed by atoms with Crippen molar-refractivity contribution in [3.63, 3.8) is 0 Å². The number of aromatic nitrogens is 3. The molecule has 0 atom stereocenters. The molecule has 2 rings (SSSR count). The Labute approximate surface area is 71.1 Å².